The maximum atomic E-state index is 14.7. The van der Waals surface area contributed by atoms with Crippen molar-refractivity contribution in [3.63, 3.8) is 0 Å². The largest absolute Gasteiger partial charge is 0.345 e. The molecule has 4 amide bonds. The predicted molar refractivity (Wildman–Crippen MR) is 216 cm³/mol. The van der Waals surface area contributed by atoms with E-state index in [1.54, 1.807) is 23.0 Å². The van der Waals surface area contributed by atoms with Crippen LogP contribution in [-0.2, 0) is 35.4 Å². The third-order valence-electron chi connectivity index (χ3n) is 11.1. The number of halogens is 1. The van der Waals surface area contributed by atoms with Crippen LogP contribution in [0.1, 0.15) is 96.6 Å². The molecule has 4 atom stereocenters. The van der Waals surface area contributed by atoms with Gasteiger partial charge in [0.15, 0.2) is 0 Å². The Morgan fingerprint density at radius 2 is 1.77 bits per heavy atom. The fourth-order valence-electron chi connectivity index (χ4n) is 7.95. The molecule has 4 N–H and O–H groups in total. The minimum Gasteiger partial charge on any atom is -0.345 e. The van der Waals surface area contributed by atoms with Gasteiger partial charge in [0.25, 0.3) is 5.91 Å². The van der Waals surface area contributed by atoms with Gasteiger partial charge in [0.05, 0.1) is 24.0 Å². The zero-order valence-corrected chi connectivity index (χ0v) is 33.9. The summed E-state index contributed by atoms with van der Waals surface area (Å²) in [5.74, 6) is -2.56. The number of aromatic nitrogens is 2. The van der Waals surface area contributed by atoms with E-state index in [1.807, 2.05) is 82.4 Å². The maximum Gasteiger partial charge on any atom is 0.289 e. The molecule has 13 nitrogen and oxygen atoms in total. The normalized spacial score (nSPS) is 20.7. The van der Waals surface area contributed by atoms with Gasteiger partial charge in [-0.25, -0.2) is 4.68 Å². The summed E-state index contributed by atoms with van der Waals surface area (Å²) < 4.78 is 1.71. The van der Waals surface area contributed by atoms with E-state index >= 15 is 0 Å². The van der Waals surface area contributed by atoms with Crippen molar-refractivity contribution >= 4 is 46.7 Å². The number of benzene rings is 2. The Balaban J connectivity index is 1.20. The second-order valence-corrected chi connectivity index (χ2v) is 17.0. The first-order valence-corrected chi connectivity index (χ1v) is 20.4. The Morgan fingerprint density at radius 1 is 1.02 bits per heavy atom. The molecular formula is C43H54ClN7O6. The lowest BCUT2D eigenvalue weighted by atomic mass is 9.84. The van der Waals surface area contributed by atoms with Gasteiger partial charge in [-0.3, -0.25) is 34.3 Å². The van der Waals surface area contributed by atoms with Crippen molar-refractivity contribution in [2.24, 2.45) is 11.3 Å². The average molecular weight is 800 g/mol. The molecule has 6 rings (SSSR count). The molecule has 1 saturated carbocycles. The topological polar surface area (TPSA) is 164 Å². The summed E-state index contributed by atoms with van der Waals surface area (Å²) in [4.78, 5) is 77.0. The van der Waals surface area contributed by atoms with Crippen LogP contribution >= 0.6 is 11.6 Å². The number of amides is 4. The SMILES string of the molecule is CCC[C@H](NC(=O)[C@@H]1C[C@]2(C=C(c3cccc(Cl)c3)NO2)CN1C(=O)[C@@H](NC(=O)CC1CCCCC1)C(C)(C)C)C(=O)C(=O)NCc1ccc(-n2cccn2)cc1. The van der Waals surface area contributed by atoms with E-state index in [9.17, 15) is 24.0 Å². The summed E-state index contributed by atoms with van der Waals surface area (Å²) >= 11 is 6.29. The molecule has 0 bridgehead atoms. The highest BCUT2D eigenvalue weighted by Crippen LogP contribution is 2.39. The second kappa shape index (κ2) is 18.1. The van der Waals surface area contributed by atoms with Gasteiger partial charge < -0.3 is 20.9 Å². The molecule has 304 valence electrons. The molecule has 3 aromatic rings. The van der Waals surface area contributed by atoms with E-state index in [-0.39, 0.29) is 37.8 Å². The Kier molecular flexibility index (Phi) is 13.2. The first-order valence-electron chi connectivity index (χ1n) is 20.0. The molecule has 57 heavy (non-hydrogen) atoms. The summed E-state index contributed by atoms with van der Waals surface area (Å²) in [7, 11) is 0. The van der Waals surface area contributed by atoms with Crippen LogP contribution in [0.2, 0.25) is 5.02 Å². The third kappa shape index (κ3) is 10.3. The van der Waals surface area contributed by atoms with Crippen LogP contribution in [-0.4, -0.2) is 74.4 Å². The van der Waals surface area contributed by atoms with Crippen LogP contribution in [0.5, 0.6) is 0 Å². The highest BCUT2D eigenvalue weighted by atomic mass is 35.5. The van der Waals surface area contributed by atoms with Crippen molar-refractivity contribution < 1.29 is 28.8 Å². The molecule has 1 aromatic heterocycles. The highest BCUT2D eigenvalue weighted by Gasteiger charge is 2.54. The first kappa shape index (κ1) is 41.6. The number of hydrogen-bond acceptors (Lipinski definition) is 8. The number of nitrogens with one attached hydrogen (secondary N) is 4. The molecule has 3 aliphatic rings. The lowest BCUT2D eigenvalue weighted by Gasteiger charge is -2.36. The highest BCUT2D eigenvalue weighted by molar-refractivity contribution is 6.38. The molecule has 1 spiro atoms. The van der Waals surface area contributed by atoms with Crippen molar-refractivity contribution in [3.8, 4) is 5.69 Å². The lowest BCUT2D eigenvalue weighted by Crippen LogP contribution is -2.59. The number of Topliss-reactive ketones (excluding diaryl/α,β-unsaturated/α-hetero) is 1. The van der Waals surface area contributed by atoms with E-state index in [0.717, 1.165) is 42.5 Å². The summed E-state index contributed by atoms with van der Waals surface area (Å²) in [6.07, 6.45) is 11.8. The van der Waals surface area contributed by atoms with Crippen molar-refractivity contribution in [1.82, 2.24) is 36.1 Å². The van der Waals surface area contributed by atoms with Gasteiger partial charge in [0.1, 0.15) is 17.7 Å². The van der Waals surface area contributed by atoms with Gasteiger partial charge in [0.2, 0.25) is 23.5 Å². The fourth-order valence-corrected chi connectivity index (χ4v) is 8.14. The summed E-state index contributed by atoms with van der Waals surface area (Å²) in [6.45, 7) is 7.60. The van der Waals surface area contributed by atoms with Gasteiger partial charge in [-0.05, 0) is 72.6 Å². The minimum absolute atomic E-state index is 0.00186. The molecule has 1 saturated heterocycles. The Bertz CT molecular complexity index is 1950. The molecule has 0 radical (unpaired) electrons. The van der Waals surface area contributed by atoms with Gasteiger partial charge in [0, 0.05) is 42.4 Å². The zero-order chi connectivity index (χ0) is 40.7. The average Bonchev–Trinajstić information content (AvgIpc) is 3.97. The Hall–Kier alpha value is -5.01. The third-order valence-corrected chi connectivity index (χ3v) is 11.3. The minimum atomic E-state index is -1.13. The molecule has 0 unspecified atom stereocenters. The van der Waals surface area contributed by atoms with Crippen LogP contribution in [0.15, 0.2) is 73.1 Å². The van der Waals surface area contributed by atoms with Gasteiger partial charge in [-0.2, -0.15) is 5.10 Å². The van der Waals surface area contributed by atoms with E-state index in [1.165, 1.54) is 11.3 Å². The fraction of sp³-hybridized carbons (Fsp3) is 0.488. The molecule has 1 aliphatic carbocycles. The maximum absolute atomic E-state index is 14.7. The lowest BCUT2D eigenvalue weighted by molar-refractivity contribution is -0.145. The van der Waals surface area contributed by atoms with Gasteiger partial charge >= 0.3 is 0 Å². The smallest absolute Gasteiger partial charge is 0.289 e. The van der Waals surface area contributed by atoms with E-state index < -0.39 is 52.6 Å². The molecule has 2 aromatic carbocycles. The van der Waals surface area contributed by atoms with E-state index in [2.05, 4.69) is 26.5 Å². The molecule has 3 heterocycles. The number of rotatable bonds is 14. The summed E-state index contributed by atoms with van der Waals surface area (Å²) in [5, 5.41) is 13.3. The number of nitrogens with zero attached hydrogens (tertiary/aromatic N) is 3. The van der Waals surface area contributed by atoms with Crippen LogP contribution < -0.4 is 21.4 Å². The van der Waals surface area contributed by atoms with Gasteiger partial charge in [-0.1, -0.05) is 89.2 Å². The van der Waals surface area contributed by atoms with E-state index in [4.69, 9.17) is 16.4 Å². The molecular weight excluding hydrogens is 746 g/mol. The molecule has 14 heteroatoms. The van der Waals surface area contributed by atoms with Crippen LogP contribution in [0.25, 0.3) is 11.4 Å². The standard InChI is InChI=1S/C43H54ClN7O6/c1-5-11-33(37(53)40(55)45-26-29-16-18-32(19-17-29)51-21-10-20-46-51)47-39(54)35-25-43(24-34(49-57-43)30-14-9-15-31(44)23-30)27-50(35)41(56)38(42(2,3)4)48-36(52)22-28-12-7-6-8-13-28/h9-10,14-21,23-24,28,33,35,38,49H,5-8,11-13,22,25-27H2,1-4H3,(H,45,55)(H,47,54)(H,48,52)/t33-,35-,38+,43+/m0/s1. The number of carbonyl (C=O) groups excluding carboxylic acids is 5. The number of likely N-dealkylation sites (tertiary alicyclic amines) is 1. The monoisotopic (exact) mass is 799 g/mol. The number of hydrogen-bond donors (Lipinski definition) is 4. The summed E-state index contributed by atoms with van der Waals surface area (Å²) in [6, 6.07) is 13.3. The van der Waals surface area contributed by atoms with Crippen molar-refractivity contribution in [1.29, 1.82) is 0 Å². The molecule has 2 aliphatic heterocycles. The Morgan fingerprint density at radius 3 is 2.44 bits per heavy atom. The molecule has 2 fully saturated rings. The van der Waals surface area contributed by atoms with Crippen LogP contribution in [0, 0.1) is 11.3 Å². The van der Waals surface area contributed by atoms with Crippen LogP contribution in [0.4, 0.5) is 0 Å². The van der Waals surface area contributed by atoms with Crippen LogP contribution in [0.3, 0.4) is 0 Å². The number of carbonyl (C=O) groups is 5. The Labute approximate surface area is 339 Å². The van der Waals surface area contributed by atoms with Crippen molar-refractivity contribution in [2.75, 3.05) is 6.54 Å². The number of hydroxylamine groups is 1. The van der Waals surface area contributed by atoms with E-state index in [0.29, 0.717) is 23.6 Å². The quantitative estimate of drug-likeness (QED) is 0.157. The number of ketones is 1. The summed E-state index contributed by atoms with van der Waals surface area (Å²) in [5.41, 5.74) is 4.18. The predicted octanol–water partition coefficient (Wildman–Crippen LogP) is 5.41. The van der Waals surface area contributed by atoms with Crippen molar-refractivity contribution in [2.45, 2.75) is 116 Å². The van der Waals surface area contributed by atoms with Crippen molar-refractivity contribution in [3.05, 3.63) is 89.2 Å². The second-order valence-electron chi connectivity index (χ2n) is 16.6. The zero-order valence-electron chi connectivity index (χ0n) is 33.2. The van der Waals surface area contributed by atoms with Gasteiger partial charge in [-0.15, -0.1) is 0 Å². The first-order chi connectivity index (χ1) is 27.2.